The SMILES string of the molecule is CN(CCNC(=O)O)CCC(=O)OC(C)(C)C. The van der Waals surface area contributed by atoms with Gasteiger partial charge in [0.15, 0.2) is 0 Å². The van der Waals surface area contributed by atoms with Crippen LogP contribution in [0, 0.1) is 0 Å². The van der Waals surface area contributed by atoms with Crippen LogP contribution >= 0.6 is 0 Å². The second-order valence-electron chi connectivity index (χ2n) is 4.87. The second kappa shape index (κ2) is 7.11. The van der Waals surface area contributed by atoms with Gasteiger partial charge in [0.25, 0.3) is 0 Å². The van der Waals surface area contributed by atoms with Crippen molar-refractivity contribution in [3.63, 3.8) is 0 Å². The minimum atomic E-state index is -1.04. The van der Waals surface area contributed by atoms with Crippen molar-refractivity contribution in [1.82, 2.24) is 10.2 Å². The maximum Gasteiger partial charge on any atom is 0.404 e. The predicted molar refractivity (Wildman–Crippen MR) is 64.0 cm³/mol. The van der Waals surface area contributed by atoms with Crippen molar-refractivity contribution in [2.45, 2.75) is 32.8 Å². The molecule has 100 valence electrons. The normalized spacial score (nSPS) is 11.4. The van der Waals surface area contributed by atoms with Crippen molar-refractivity contribution in [2.24, 2.45) is 0 Å². The van der Waals surface area contributed by atoms with Gasteiger partial charge in [-0.1, -0.05) is 0 Å². The lowest BCUT2D eigenvalue weighted by Gasteiger charge is -2.21. The Morgan fingerprint density at radius 1 is 1.29 bits per heavy atom. The zero-order valence-corrected chi connectivity index (χ0v) is 10.9. The van der Waals surface area contributed by atoms with Crippen molar-refractivity contribution in [3.05, 3.63) is 0 Å². The Hall–Kier alpha value is -1.30. The topological polar surface area (TPSA) is 78.9 Å². The standard InChI is InChI=1S/C11H22N2O4/c1-11(2,3)17-9(14)5-7-13(4)8-6-12-10(15)16/h12H,5-8H2,1-4H3,(H,15,16). The number of ether oxygens (including phenoxy) is 1. The van der Waals surface area contributed by atoms with Crippen LogP contribution in [0.5, 0.6) is 0 Å². The fourth-order valence-electron chi connectivity index (χ4n) is 1.14. The lowest BCUT2D eigenvalue weighted by Crippen LogP contribution is -2.34. The van der Waals surface area contributed by atoms with Gasteiger partial charge in [-0.25, -0.2) is 4.79 Å². The molecule has 0 aromatic carbocycles. The molecule has 0 unspecified atom stereocenters. The number of carbonyl (C=O) groups excluding carboxylic acids is 1. The van der Waals surface area contributed by atoms with E-state index in [4.69, 9.17) is 9.84 Å². The molecule has 0 atom stereocenters. The Morgan fingerprint density at radius 3 is 2.35 bits per heavy atom. The minimum absolute atomic E-state index is 0.240. The van der Waals surface area contributed by atoms with Gasteiger partial charge < -0.3 is 20.1 Å². The first kappa shape index (κ1) is 15.7. The van der Waals surface area contributed by atoms with Crippen LogP contribution < -0.4 is 5.32 Å². The number of likely N-dealkylation sites (N-methyl/N-ethyl adjacent to an activating group) is 1. The Balaban J connectivity index is 3.66. The number of carboxylic acid groups (broad SMARTS) is 1. The monoisotopic (exact) mass is 246 g/mol. The highest BCUT2D eigenvalue weighted by Gasteiger charge is 2.16. The van der Waals surface area contributed by atoms with Crippen LogP contribution in [0.4, 0.5) is 4.79 Å². The Kier molecular flexibility index (Phi) is 6.57. The van der Waals surface area contributed by atoms with Gasteiger partial charge in [-0.2, -0.15) is 0 Å². The number of carbonyl (C=O) groups is 2. The number of nitrogens with zero attached hydrogens (tertiary/aromatic N) is 1. The summed E-state index contributed by atoms with van der Waals surface area (Å²) in [4.78, 5) is 23.5. The van der Waals surface area contributed by atoms with Gasteiger partial charge in [-0.3, -0.25) is 4.79 Å². The average Bonchev–Trinajstić information content (AvgIpc) is 2.11. The molecule has 6 nitrogen and oxygen atoms in total. The quantitative estimate of drug-likeness (QED) is 0.681. The molecular formula is C11H22N2O4. The summed E-state index contributed by atoms with van der Waals surface area (Å²) in [5.41, 5.74) is -0.458. The number of amides is 1. The van der Waals surface area contributed by atoms with Gasteiger partial charge in [0, 0.05) is 19.6 Å². The number of esters is 1. The lowest BCUT2D eigenvalue weighted by atomic mass is 10.2. The number of hydrogen-bond donors (Lipinski definition) is 2. The molecule has 0 aromatic rings. The molecule has 0 heterocycles. The average molecular weight is 246 g/mol. The molecular weight excluding hydrogens is 224 g/mol. The molecule has 0 radical (unpaired) electrons. The lowest BCUT2D eigenvalue weighted by molar-refractivity contribution is -0.155. The maximum atomic E-state index is 11.4. The van der Waals surface area contributed by atoms with Crippen LogP contribution in [0.1, 0.15) is 27.2 Å². The summed E-state index contributed by atoms with van der Waals surface area (Å²) in [5, 5.41) is 10.6. The van der Waals surface area contributed by atoms with E-state index in [0.29, 0.717) is 26.1 Å². The summed E-state index contributed by atoms with van der Waals surface area (Å²) in [6, 6.07) is 0. The first-order chi connectivity index (χ1) is 7.70. The molecule has 6 heteroatoms. The molecule has 0 aliphatic rings. The molecule has 0 aliphatic carbocycles. The first-order valence-electron chi connectivity index (χ1n) is 5.58. The zero-order valence-electron chi connectivity index (χ0n) is 10.9. The summed E-state index contributed by atoms with van der Waals surface area (Å²) in [5.74, 6) is -0.240. The van der Waals surface area contributed by atoms with E-state index in [2.05, 4.69) is 5.32 Å². The maximum absolute atomic E-state index is 11.4. The smallest absolute Gasteiger partial charge is 0.404 e. The van der Waals surface area contributed by atoms with Crippen LogP contribution in [0.25, 0.3) is 0 Å². The van der Waals surface area contributed by atoms with E-state index in [1.807, 2.05) is 32.7 Å². The van der Waals surface area contributed by atoms with E-state index in [-0.39, 0.29) is 5.97 Å². The highest BCUT2D eigenvalue weighted by Crippen LogP contribution is 2.08. The number of hydrogen-bond acceptors (Lipinski definition) is 4. The van der Waals surface area contributed by atoms with Gasteiger partial charge >= 0.3 is 12.1 Å². The van der Waals surface area contributed by atoms with Gasteiger partial charge in [-0.05, 0) is 27.8 Å². The van der Waals surface area contributed by atoms with E-state index >= 15 is 0 Å². The third-order valence-electron chi connectivity index (χ3n) is 1.89. The van der Waals surface area contributed by atoms with Crippen molar-refractivity contribution in [2.75, 3.05) is 26.7 Å². The second-order valence-corrected chi connectivity index (χ2v) is 4.87. The molecule has 0 aromatic heterocycles. The van der Waals surface area contributed by atoms with Crippen LogP contribution in [-0.2, 0) is 9.53 Å². The molecule has 0 aliphatic heterocycles. The van der Waals surface area contributed by atoms with Crippen molar-refractivity contribution < 1.29 is 19.4 Å². The van der Waals surface area contributed by atoms with Gasteiger partial charge in [0.1, 0.15) is 5.60 Å². The van der Waals surface area contributed by atoms with E-state index in [9.17, 15) is 9.59 Å². The summed E-state index contributed by atoms with van der Waals surface area (Å²) >= 11 is 0. The van der Waals surface area contributed by atoms with Crippen molar-refractivity contribution in [3.8, 4) is 0 Å². The number of nitrogens with one attached hydrogen (secondary N) is 1. The van der Waals surface area contributed by atoms with Crippen LogP contribution in [-0.4, -0.2) is 54.4 Å². The fourth-order valence-corrected chi connectivity index (χ4v) is 1.14. The first-order valence-corrected chi connectivity index (χ1v) is 5.58. The van der Waals surface area contributed by atoms with Gasteiger partial charge in [-0.15, -0.1) is 0 Å². The molecule has 0 bridgehead atoms. The fraction of sp³-hybridized carbons (Fsp3) is 0.818. The number of rotatable bonds is 6. The van der Waals surface area contributed by atoms with Crippen molar-refractivity contribution >= 4 is 12.1 Å². The summed E-state index contributed by atoms with van der Waals surface area (Å²) in [6.07, 6.45) is -0.730. The molecule has 0 rings (SSSR count). The molecule has 0 spiro atoms. The summed E-state index contributed by atoms with van der Waals surface area (Å²) in [7, 11) is 1.83. The third-order valence-corrected chi connectivity index (χ3v) is 1.89. The Labute approximate surface area is 102 Å². The van der Waals surface area contributed by atoms with Crippen molar-refractivity contribution in [1.29, 1.82) is 0 Å². The van der Waals surface area contributed by atoms with E-state index in [1.165, 1.54) is 0 Å². The molecule has 0 fully saturated rings. The molecule has 2 N–H and O–H groups in total. The minimum Gasteiger partial charge on any atom is -0.465 e. The molecule has 17 heavy (non-hydrogen) atoms. The highest BCUT2D eigenvalue weighted by molar-refractivity contribution is 5.70. The summed E-state index contributed by atoms with van der Waals surface area (Å²) in [6.45, 7) is 6.94. The Morgan fingerprint density at radius 2 is 1.88 bits per heavy atom. The highest BCUT2D eigenvalue weighted by atomic mass is 16.6. The van der Waals surface area contributed by atoms with Crippen LogP contribution in [0.3, 0.4) is 0 Å². The molecule has 0 saturated heterocycles. The van der Waals surface area contributed by atoms with Gasteiger partial charge in [0.05, 0.1) is 6.42 Å². The Bertz CT molecular complexity index is 261. The molecule has 1 amide bonds. The molecule has 0 saturated carbocycles. The zero-order chi connectivity index (χ0) is 13.5. The van der Waals surface area contributed by atoms with Crippen LogP contribution in [0.2, 0.25) is 0 Å². The largest absolute Gasteiger partial charge is 0.465 e. The van der Waals surface area contributed by atoms with Crippen LogP contribution in [0.15, 0.2) is 0 Å². The predicted octanol–water partition coefficient (Wildman–Crippen LogP) is 0.918. The van der Waals surface area contributed by atoms with Gasteiger partial charge in [0.2, 0.25) is 0 Å². The van der Waals surface area contributed by atoms with E-state index in [0.717, 1.165) is 0 Å². The van der Waals surface area contributed by atoms with E-state index < -0.39 is 11.7 Å². The third kappa shape index (κ3) is 11.0. The van der Waals surface area contributed by atoms with E-state index in [1.54, 1.807) is 0 Å². The summed E-state index contributed by atoms with van der Waals surface area (Å²) < 4.78 is 5.16.